The molecule has 0 radical (unpaired) electrons. The number of para-hydroxylation sites is 1. The van der Waals surface area contributed by atoms with E-state index in [0.29, 0.717) is 17.0 Å². The Morgan fingerprint density at radius 3 is 2.77 bits per heavy atom. The maximum absolute atomic E-state index is 12.8. The molecule has 2 amide bonds. The predicted molar refractivity (Wildman–Crippen MR) is 83.1 cm³/mol. The van der Waals surface area contributed by atoms with Gasteiger partial charge in [0.05, 0.1) is 11.3 Å². The molecule has 1 unspecified atom stereocenters. The molecule has 118 valence electrons. The standard InChI is InChI=1S/C16H21N3O3/c1-10-15(20)18-13-5-3-4-12(14(13)22-10)16(21)19(2)11-6-8-17-9-7-11/h3-5,10-11,17H,6-9H2,1-2H3,(H,18,20). The van der Waals surface area contributed by atoms with E-state index in [1.54, 1.807) is 30.0 Å². The van der Waals surface area contributed by atoms with Gasteiger partial charge in [-0.2, -0.15) is 0 Å². The molecule has 2 heterocycles. The van der Waals surface area contributed by atoms with Gasteiger partial charge in [-0.05, 0) is 45.0 Å². The third-order valence-corrected chi connectivity index (χ3v) is 4.34. The molecule has 2 N–H and O–H groups in total. The maximum Gasteiger partial charge on any atom is 0.265 e. The summed E-state index contributed by atoms with van der Waals surface area (Å²) in [6, 6.07) is 5.51. The molecule has 1 aromatic rings. The van der Waals surface area contributed by atoms with Gasteiger partial charge in [-0.3, -0.25) is 9.59 Å². The first-order valence-corrected chi connectivity index (χ1v) is 7.66. The van der Waals surface area contributed by atoms with Gasteiger partial charge in [0, 0.05) is 13.1 Å². The molecule has 2 aliphatic heterocycles. The van der Waals surface area contributed by atoms with Crippen molar-refractivity contribution in [3.63, 3.8) is 0 Å². The van der Waals surface area contributed by atoms with Crippen LogP contribution < -0.4 is 15.4 Å². The topological polar surface area (TPSA) is 70.7 Å². The summed E-state index contributed by atoms with van der Waals surface area (Å²) in [6.45, 7) is 3.54. The van der Waals surface area contributed by atoms with Crippen molar-refractivity contribution in [2.45, 2.75) is 31.9 Å². The number of nitrogens with zero attached hydrogens (tertiary/aromatic N) is 1. The summed E-state index contributed by atoms with van der Waals surface area (Å²) in [7, 11) is 1.84. The number of hydrogen-bond donors (Lipinski definition) is 2. The minimum atomic E-state index is -0.592. The largest absolute Gasteiger partial charge is 0.478 e. The average Bonchev–Trinajstić information content (AvgIpc) is 2.55. The van der Waals surface area contributed by atoms with Gasteiger partial charge in [-0.15, -0.1) is 0 Å². The Kier molecular flexibility index (Phi) is 4.02. The molecule has 1 saturated heterocycles. The number of rotatable bonds is 2. The Bertz CT molecular complexity index is 596. The molecule has 1 atom stereocenters. The van der Waals surface area contributed by atoms with Crippen molar-refractivity contribution in [3.05, 3.63) is 23.8 Å². The van der Waals surface area contributed by atoms with Crippen LogP contribution in [-0.2, 0) is 4.79 Å². The second-order valence-electron chi connectivity index (χ2n) is 5.83. The number of ether oxygens (including phenoxy) is 1. The number of piperidine rings is 1. The van der Waals surface area contributed by atoms with Gasteiger partial charge < -0.3 is 20.3 Å². The first-order chi connectivity index (χ1) is 10.6. The summed E-state index contributed by atoms with van der Waals surface area (Å²) in [6.07, 6.45) is 1.31. The number of carbonyl (C=O) groups excluding carboxylic acids is 2. The summed E-state index contributed by atoms with van der Waals surface area (Å²) in [4.78, 5) is 26.3. The SMILES string of the molecule is CC1Oc2c(cccc2C(=O)N(C)C2CCNCC2)NC1=O. The molecule has 6 nitrogen and oxygen atoms in total. The quantitative estimate of drug-likeness (QED) is 0.862. The van der Waals surface area contributed by atoms with Crippen molar-refractivity contribution >= 4 is 17.5 Å². The van der Waals surface area contributed by atoms with Crippen molar-refractivity contribution in [2.24, 2.45) is 0 Å². The lowest BCUT2D eigenvalue weighted by Gasteiger charge is -2.33. The lowest BCUT2D eigenvalue weighted by molar-refractivity contribution is -0.122. The molecule has 6 heteroatoms. The van der Waals surface area contributed by atoms with Crippen molar-refractivity contribution in [1.29, 1.82) is 0 Å². The summed E-state index contributed by atoms with van der Waals surface area (Å²) in [5, 5.41) is 6.08. The van der Waals surface area contributed by atoms with Crippen molar-refractivity contribution in [1.82, 2.24) is 10.2 Å². The Hall–Kier alpha value is -2.08. The number of carbonyl (C=O) groups is 2. The number of fused-ring (bicyclic) bond motifs is 1. The first kappa shape index (κ1) is 14.8. The van der Waals surface area contributed by atoms with Gasteiger partial charge in [0.1, 0.15) is 0 Å². The van der Waals surface area contributed by atoms with Crippen LogP contribution in [0.4, 0.5) is 5.69 Å². The molecule has 1 aromatic carbocycles. The first-order valence-electron chi connectivity index (χ1n) is 7.66. The van der Waals surface area contributed by atoms with E-state index in [-0.39, 0.29) is 17.9 Å². The second kappa shape index (κ2) is 5.96. The minimum absolute atomic E-state index is 0.0629. The number of benzene rings is 1. The van der Waals surface area contributed by atoms with Gasteiger partial charge in [0.2, 0.25) is 0 Å². The van der Waals surface area contributed by atoms with Gasteiger partial charge in [0.25, 0.3) is 11.8 Å². The van der Waals surface area contributed by atoms with E-state index in [1.165, 1.54) is 0 Å². The molecule has 22 heavy (non-hydrogen) atoms. The zero-order valence-electron chi connectivity index (χ0n) is 12.9. The Labute approximate surface area is 129 Å². The van der Waals surface area contributed by atoms with E-state index in [0.717, 1.165) is 25.9 Å². The summed E-state index contributed by atoms with van der Waals surface area (Å²) in [5.41, 5.74) is 1.07. The third kappa shape index (κ3) is 2.66. The molecular weight excluding hydrogens is 282 g/mol. The zero-order valence-corrected chi connectivity index (χ0v) is 12.9. The van der Waals surface area contributed by atoms with Gasteiger partial charge in [-0.25, -0.2) is 0 Å². The van der Waals surface area contributed by atoms with Crippen LogP contribution in [0.25, 0.3) is 0 Å². The van der Waals surface area contributed by atoms with Gasteiger partial charge >= 0.3 is 0 Å². The monoisotopic (exact) mass is 303 g/mol. The number of hydrogen-bond acceptors (Lipinski definition) is 4. The molecule has 3 rings (SSSR count). The van der Waals surface area contributed by atoms with E-state index >= 15 is 0 Å². The van der Waals surface area contributed by atoms with Crippen LogP contribution in [0.5, 0.6) is 5.75 Å². The Morgan fingerprint density at radius 2 is 2.05 bits per heavy atom. The second-order valence-corrected chi connectivity index (χ2v) is 5.83. The molecule has 0 aliphatic carbocycles. The molecular formula is C16H21N3O3. The lowest BCUT2D eigenvalue weighted by Crippen LogP contribution is -2.44. The summed E-state index contributed by atoms with van der Waals surface area (Å²) in [5.74, 6) is 0.219. The zero-order chi connectivity index (χ0) is 15.7. The van der Waals surface area contributed by atoms with Gasteiger partial charge in [0.15, 0.2) is 11.9 Å². The van der Waals surface area contributed by atoms with Crippen LogP contribution >= 0.6 is 0 Å². The van der Waals surface area contributed by atoms with Crippen molar-refractivity contribution < 1.29 is 14.3 Å². The van der Waals surface area contributed by atoms with Crippen molar-refractivity contribution in [2.75, 3.05) is 25.5 Å². The van der Waals surface area contributed by atoms with Crippen LogP contribution in [0.1, 0.15) is 30.1 Å². The predicted octanol–water partition coefficient (Wildman–Crippen LogP) is 1.23. The molecule has 0 spiro atoms. The summed E-state index contributed by atoms with van der Waals surface area (Å²) < 4.78 is 5.66. The highest BCUT2D eigenvalue weighted by Gasteiger charge is 2.30. The van der Waals surface area contributed by atoms with E-state index in [9.17, 15) is 9.59 Å². The Morgan fingerprint density at radius 1 is 1.32 bits per heavy atom. The minimum Gasteiger partial charge on any atom is -0.478 e. The fraction of sp³-hybridized carbons (Fsp3) is 0.500. The van der Waals surface area contributed by atoms with Gasteiger partial charge in [-0.1, -0.05) is 6.07 Å². The highest BCUT2D eigenvalue weighted by molar-refractivity contribution is 6.04. The van der Waals surface area contributed by atoms with E-state index in [1.807, 2.05) is 7.05 Å². The molecule has 0 saturated carbocycles. The van der Waals surface area contributed by atoms with E-state index in [4.69, 9.17) is 4.74 Å². The fourth-order valence-electron chi connectivity index (χ4n) is 2.95. The fourth-order valence-corrected chi connectivity index (χ4v) is 2.95. The summed E-state index contributed by atoms with van der Waals surface area (Å²) >= 11 is 0. The normalized spacial score (nSPS) is 21.5. The lowest BCUT2D eigenvalue weighted by atomic mass is 10.0. The third-order valence-electron chi connectivity index (χ3n) is 4.34. The molecule has 0 aromatic heterocycles. The van der Waals surface area contributed by atoms with E-state index < -0.39 is 6.10 Å². The Balaban J connectivity index is 1.87. The molecule has 2 aliphatic rings. The molecule has 0 bridgehead atoms. The van der Waals surface area contributed by atoms with Crippen LogP contribution in [0.3, 0.4) is 0 Å². The number of nitrogens with one attached hydrogen (secondary N) is 2. The van der Waals surface area contributed by atoms with E-state index in [2.05, 4.69) is 10.6 Å². The van der Waals surface area contributed by atoms with Crippen molar-refractivity contribution in [3.8, 4) is 5.75 Å². The van der Waals surface area contributed by atoms with Crippen LogP contribution in [0, 0.1) is 0 Å². The number of anilines is 1. The van der Waals surface area contributed by atoms with Crippen LogP contribution in [-0.4, -0.2) is 49.0 Å². The highest BCUT2D eigenvalue weighted by atomic mass is 16.5. The maximum atomic E-state index is 12.8. The van der Waals surface area contributed by atoms with Crippen LogP contribution in [0.15, 0.2) is 18.2 Å². The average molecular weight is 303 g/mol. The smallest absolute Gasteiger partial charge is 0.265 e. The number of amides is 2. The van der Waals surface area contributed by atoms with Crippen LogP contribution in [0.2, 0.25) is 0 Å². The molecule has 1 fully saturated rings. The highest BCUT2D eigenvalue weighted by Crippen LogP contribution is 2.34.